The van der Waals surface area contributed by atoms with Crippen LogP contribution in [-0.4, -0.2) is 0 Å². The third-order valence-corrected chi connectivity index (χ3v) is 7.14. The summed E-state index contributed by atoms with van der Waals surface area (Å²) in [4.78, 5) is 0. The van der Waals surface area contributed by atoms with Crippen LogP contribution in [0.3, 0.4) is 0 Å². The average molecular weight is 613 g/mol. The van der Waals surface area contributed by atoms with Crippen LogP contribution >= 0.6 is 0 Å². The van der Waals surface area contributed by atoms with Gasteiger partial charge >= 0.3 is 6.11 Å². The molecule has 0 saturated heterocycles. The van der Waals surface area contributed by atoms with E-state index in [0.717, 1.165) is 60.7 Å². The zero-order valence-electron chi connectivity index (χ0n) is 23.2. The maximum atomic E-state index is 15.1. The van der Waals surface area contributed by atoms with Crippen LogP contribution in [0.5, 0.6) is 5.75 Å². The molecule has 0 aliphatic heterocycles. The third kappa shape index (κ3) is 6.46. The number of hydrogen-bond acceptors (Lipinski definition) is 1. The largest absolute Gasteiger partial charge is 0.432 e. The fourth-order valence-corrected chi connectivity index (χ4v) is 4.84. The molecule has 5 rings (SSSR count). The van der Waals surface area contributed by atoms with Gasteiger partial charge in [0.2, 0.25) is 0 Å². The molecule has 0 fully saturated rings. The van der Waals surface area contributed by atoms with Crippen LogP contribution in [0, 0.1) is 34.9 Å². The summed E-state index contributed by atoms with van der Waals surface area (Å²) in [5, 5.41) is 0. The van der Waals surface area contributed by atoms with E-state index < -0.39 is 52.3 Å². The van der Waals surface area contributed by atoms with Gasteiger partial charge in [0.05, 0.1) is 0 Å². The van der Waals surface area contributed by atoms with E-state index in [1.54, 1.807) is 6.07 Å². The van der Waals surface area contributed by atoms with Crippen LogP contribution < -0.4 is 4.74 Å². The van der Waals surface area contributed by atoms with E-state index in [1.807, 2.05) is 24.3 Å². The van der Waals surface area contributed by atoms with Gasteiger partial charge < -0.3 is 4.74 Å². The molecule has 0 aromatic heterocycles. The zero-order chi connectivity index (χ0) is 31.6. The summed E-state index contributed by atoms with van der Waals surface area (Å²) in [5.74, 6) is -8.57. The highest BCUT2D eigenvalue weighted by Gasteiger charge is 2.41. The lowest BCUT2D eigenvalue weighted by molar-refractivity contribution is -0.189. The van der Waals surface area contributed by atoms with Crippen molar-refractivity contribution in [3.63, 3.8) is 0 Å². The Labute approximate surface area is 248 Å². The van der Waals surface area contributed by atoms with Gasteiger partial charge in [-0.2, -0.15) is 8.78 Å². The normalized spacial score (nSPS) is 11.6. The lowest BCUT2D eigenvalue weighted by atomic mass is 9.97. The minimum absolute atomic E-state index is 0.0760. The summed E-state index contributed by atoms with van der Waals surface area (Å²) < 4.78 is 121. The first-order valence-electron chi connectivity index (χ1n) is 13.7. The van der Waals surface area contributed by atoms with Crippen LogP contribution in [0.25, 0.3) is 33.4 Å². The Kier molecular flexibility index (Phi) is 8.76. The zero-order valence-corrected chi connectivity index (χ0v) is 23.2. The Morgan fingerprint density at radius 3 is 1.68 bits per heavy atom. The van der Waals surface area contributed by atoms with Crippen molar-refractivity contribution in [3.05, 3.63) is 137 Å². The van der Waals surface area contributed by atoms with Crippen molar-refractivity contribution in [2.75, 3.05) is 0 Å². The van der Waals surface area contributed by atoms with Gasteiger partial charge in [-0.3, -0.25) is 0 Å². The Hall–Kier alpha value is -4.66. The summed E-state index contributed by atoms with van der Waals surface area (Å²) in [6.45, 7) is 2.09. The number of alkyl halides is 2. The molecule has 226 valence electrons. The van der Waals surface area contributed by atoms with E-state index in [0.29, 0.717) is 23.8 Å². The molecule has 0 aliphatic rings. The van der Waals surface area contributed by atoms with Crippen molar-refractivity contribution in [1.82, 2.24) is 0 Å². The van der Waals surface area contributed by atoms with Gasteiger partial charge in [0.15, 0.2) is 11.6 Å². The fraction of sp³-hybridized carbons (Fsp3) is 0.143. The average Bonchev–Trinajstić information content (AvgIpc) is 2.97. The molecule has 0 heterocycles. The molecule has 0 aliphatic carbocycles. The maximum Gasteiger partial charge on any atom is 0.432 e. The lowest BCUT2D eigenvalue weighted by Gasteiger charge is -2.20. The van der Waals surface area contributed by atoms with Crippen LogP contribution in [0.1, 0.15) is 30.9 Å². The Bertz CT molecular complexity index is 1790. The first-order valence-corrected chi connectivity index (χ1v) is 13.7. The maximum absolute atomic E-state index is 15.1. The second-order valence-electron chi connectivity index (χ2n) is 10.2. The van der Waals surface area contributed by atoms with Crippen LogP contribution in [-0.2, 0) is 12.5 Å². The molecule has 0 amide bonds. The van der Waals surface area contributed by atoms with Crippen molar-refractivity contribution in [2.24, 2.45) is 0 Å². The highest BCUT2D eigenvalue weighted by molar-refractivity contribution is 5.71. The van der Waals surface area contributed by atoms with E-state index in [1.165, 1.54) is 12.1 Å². The topological polar surface area (TPSA) is 9.23 Å². The summed E-state index contributed by atoms with van der Waals surface area (Å²) in [5.41, 5.74) is -0.221. The molecule has 0 radical (unpaired) electrons. The number of unbranched alkanes of at least 4 members (excludes halogenated alkanes) is 1. The molecule has 1 nitrogen and oxygen atoms in total. The standard InChI is InChI=1S/C35H24F8O/c1-2-3-4-20-5-7-21(8-6-20)22-9-12-27(29(37)15-22)24-17-32(40)34(33(41)18-24)35(42,43)44-25-11-13-26(30(38)19-25)23-10-14-28(36)31(39)16-23/h5-19H,2-4H2,1H3. The van der Waals surface area contributed by atoms with Gasteiger partial charge in [0, 0.05) is 17.2 Å². The predicted molar refractivity (Wildman–Crippen MR) is 152 cm³/mol. The summed E-state index contributed by atoms with van der Waals surface area (Å²) in [7, 11) is 0. The first-order chi connectivity index (χ1) is 21.0. The van der Waals surface area contributed by atoms with Crippen LogP contribution in [0.4, 0.5) is 35.1 Å². The number of benzene rings is 5. The molecular formula is C35H24F8O. The minimum Gasteiger partial charge on any atom is -0.429 e. The van der Waals surface area contributed by atoms with E-state index in [2.05, 4.69) is 11.7 Å². The van der Waals surface area contributed by atoms with E-state index in [-0.39, 0.29) is 22.3 Å². The fourth-order valence-electron chi connectivity index (χ4n) is 4.84. The number of halogens is 8. The highest BCUT2D eigenvalue weighted by Crippen LogP contribution is 2.39. The van der Waals surface area contributed by atoms with Crippen molar-refractivity contribution in [1.29, 1.82) is 0 Å². The first kappa shape index (κ1) is 30.8. The van der Waals surface area contributed by atoms with Crippen LogP contribution in [0.2, 0.25) is 0 Å². The van der Waals surface area contributed by atoms with Crippen molar-refractivity contribution < 1.29 is 39.9 Å². The Morgan fingerprint density at radius 1 is 0.523 bits per heavy atom. The van der Waals surface area contributed by atoms with E-state index in [9.17, 15) is 30.7 Å². The molecule has 0 atom stereocenters. The molecule has 0 saturated carbocycles. The van der Waals surface area contributed by atoms with Gasteiger partial charge in [-0.25, -0.2) is 26.3 Å². The minimum atomic E-state index is -4.60. The van der Waals surface area contributed by atoms with Crippen molar-refractivity contribution in [3.8, 4) is 39.1 Å². The van der Waals surface area contributed by atoms with Gasteiger partial charge in [0.1, 0.15) is 34.6 Å². The van der Waals surface area contributed by atoms with Gasteiger partial charge in [-0.15, -0.1) is 0 Å². The third-order valence-electron chi connectivity index (χ3n) is 7.14. The SMILES string of the molecule is CCCCc1ccc(-c2ccc(-c3cc(F)c(C(F)(F)Oc4ccc(-c5ccc(F)c(F)c5)c(F)c4)c(F)c3)c(F)c2)cc1. The summed E-state index contributed by atoms with van der Waals surface area (Å²) >= 11 is 0. The lowest BCUT2D eigenvalue weighted by Crippen LogP contribution is -2.25. The molecule has 9 heteroatoms. The summed E-state index contributed by atoms with van der Waals surface area (Å²) in [6.07, 6.45) is -1.59. The number of aryl methyl sites for hydroxylation is 1. The Morgan fingerprint density at radius 2 is 1.07 bits per heavy atom. The van der Waals surface area contributed by atoms with Crippen molar-refractivity contribution >= 4 is 0 Å². The van der Waals surface area contributed by atoms with E-state index in [4.69, 9.17) is 0 Å². The molecule has 44 heavy (non-hydrogen) atoms. The van der Waals surface area contributed by atoms with Crippen LogP contribution in [0.15, 0.2) is 91.0 Å². The molecule has 5 aromatic rings. The molecule has 0 unspecified atom stereocenters. The van der Waals surface area contributed by atoms with Crippen molar-refractivity contribution in [2.45, 2.75) is 32.3 Å². The molecule has 5 aromatic carbocycles. The quantitative estimate of drug-likeness (QED) is 0.151. The second-order valence-corrected chi connectivity index (χ2v) is 10.2. The van der Waals surface area contributed by atoms with Gasteiger partial charge in [0.25, 0.3) is 0 Å². The molecule has 0 bridgehead atoms. The van der Waals surface area contributed by atoms with Gasteiger partial charge in [-0.05, 0) is 83.1 Å². The smallest absolute Gasteiger partial charge is 0.429 e. The monoisotopic (exact) mass is 612 g/mol. The molecule has 0 spiro atoms. The summed E-state index contributed by atoms with van der Waals surface area (Å²) in [6, 6.07) is 17.7. The number of rotatable bonds is 9. The predicted octanol–water partition coefficient (Wildman–Crippen LogP) is 11.0. The number of ether oxygens (including phenoxy) is 1. The highest BCUT2D eigenvalue weighted by atomic mass is 19.3. The van der Waals surface area contributed by atoms with Gasteiger partial charge in [-0.1, -0.05) is 55.8 Å². The van der Waals surface area contributed by atoms with E-state index >= 15 is 4.39 Å². The molecule has 0 N–H and O–H groups in total. The number of hydrogen-bond donors (Lipinski definition) is 0. The Balaban J connectivity index is 1.37. The second kappa shape index (κ2) is 12.5. The molecular weight excluding hydrogens is 588 g/mol.